The molecule has 1 aliphatic rings. The molecule has 33 heavy (non-hydrogen) atoms. The first-order valence-electron chi connectivity index (χ1n) is 10.1. The zero-order chi connectivity index (χ0) is 24.4. The monoisotopic (exact) mass is 472 g/mol. The normalized spacial score (nSPS) is 21.4. The fraction of sp³-hybridized carbons (Fsp3) is 0.348. The minimum Gasteiger partial charge on any atom is -0.494 e. The van der Waals surface area contributed by atoms with Crippen molar-refractivity contribution in [2.45, 2.75) is 43.7 Å². The van der Waals surface area contributed by atoms with Crippen molar-refractivity contribution in [2.75, 3.05) is 6.61 Å². The number of alkyl halides is 6. The maximum absolute atomic E-state index is 14.4. The largest absolute Gasteiger partial charge is 0.494 e. The Morgan fingerprint density at radius 3 is 2.15 bits per heavy atom. The second kappa shape index (κ2) is 9.09. The van der Waals surface area contributed by atoms with Gasteiger partial charge < -0.3 is 15.8 Å². The van der Waals surface area contributed by atoms with E-state index in [-0.39, 0.29) is 29.9 Å². The van der Waals surface area contributed by atoms with Crippen LogP contribution in [-0.2, 0) is 10.3 Å². The standard InChI is InChI=1S/C23H22F6N2O2/c1-14-3-5-15(6-4-14)18-13-21(23(27,28)29,31-20(32)19(18)30)16-7-9-17(10-8-16)33-12-2-11-22(24,25)26/h3-10,13,19H,2,11-12,30H2,1H3,(H,31,32)/t19-,21?/m0/s1. The molecule has 0 bridgehead atoms. The van der Waals surface area contributed by atoms with Crippen molar-refractivity contribution in [1.82, 2.24) is 5.32 Å². The fourth-order valence-electron chi connectivity index (χ4n) is 3.53. The van der Waals surface area contributed by atoms with Crippen LogP contribution in [0.1, 0.15) is 29.5 Å². The quantitative estimate of drug-likeness (QED) is 0.459. The third-order valence-corrected chi connectivity index (χ3v) is 5.32. The average molecular weight is 472 g/mol. The Morgan fingerprint density at radius 1 is 1.00 bits per heavy atom. The molecule has 0 saturated heterocycles. The predicted molar refractivity (Wildman–Crippen MR) is 110 cm³/mol. The highest BCUT2D eigenvalue weighted by Gasteiger charge is 2.58. The van der Waals surface area contributed by atoms with Crippen molar-refractivity contribution in [1.29, 1.82) is 0 Å². The highest BCUT2D eigenvalue weighted by atomic mass is 19.4. The SMILES string of the molecule is Cc1ccc(C2=CC(c3ccc(OCCCC(F)(F)F)cc3)(C(F)(F)F)NC(=O)[C@H]2N)cc1. The van der Waals surface area contributed by atoms with Crippen LogP contribution >= 0.6 is 0 Å². The maximum Gasteiger partial charge on any atom is 0.419 e. The third-order valence-electron chi connectivity index (χ3n) is 5.32. The van der Waals surface area contributed by atoms with Crippen LogP contribution in [0.25, 0.3) is 5.57 Å². The van der Waals surface area contributed by atoms with Crippen molar-refractivity contribution in [3.63, 3.8) is 0 Å². The van der Waals surface area contributed by atoms with Gasteiger partial charge in [0.05, 0.1) is 6.61 Å². The number of nitrogens with one attached hydrogen (secondary N) is 1. The molecule has 0 aromatic heterocycles. The molecule has 178 valence electrons. The molecular formula is C23H22F6N2O2. The topological polar surface area (TPSA) is 64.3 Å². The maximum atomic E-state index is 14.4. The molecule has 1 amide bonds. The van der Waals surface area contributed by atoms with E-state index < -0.39 is 36.3 Å². The first kappa shape index (κ1) is 24.6. The number of amides is 1. The molecule has 0 spiro atoms. The summed E-state index contributed by atoms with van der Waals surface area (Å²) in [5, 5.41) is 2.00. The number of benzene rings is 2. The minimum atomic E-state index is -4.91. The number of nitrogens with two attached hydrogens (primary N) is 1. The summed E-state index contributed by atoms with van der Waals surface area (Å²) in [6, 6.07) is 9.98. The van der Waals surface area contributed by atoms with Gasteiger partial charge >= 0.3 is 12.4 Å². The molecule has 10 heteroatoms. The fourth-order valence-corrected chi connectivity index (χ4v) is 3.53. The Balaban J connectivity index is 1.94. The van der Waals surface area contributed by atoms with Crippen molar-refractivity contribution in [2.24, 2.45) is 5.73 Å². The zero-order valence-electron chi connectivity index (χ0n) is 17.6. The number of carbonyl (C=O) groups is 1. The third kappa shape index (κ3) is 5.50. The van der Waals surface area contributed by atoms with E-state index in [1.807, 2.05) is 12.2 Å². The van der Waals surface area contributed by atoms with Crippen LogP contribution < -0.4 is 15.8 Å². The van der Waals surface area contributed by atoms with E-state index in [4.69, 9.17) is 10.5 Å². The summed E-state index contributed by atoms with van der Waals surface area (Å²) >= 11 is 0. The Kier molecular flexibility index (Phi) is 6.78. The van der Waals surface area contributed by atoms with Gasteiger partial charge in [-0.25, -0.2) is 0 Å². The molecule has 2 aromatic rings. The van der Waals surface area contributed by atoms with Crippen molar-refractivity contribution in [3.8, 4) is 5.75 Å². The summed E-state index contributed by atoms with van der Waals surface area (Å²) in [6.07, 6.45) is -9.62. The van der Waals surface area contributed by atoms with Gasteiger partial charge in [0.25, 0.3) is 0 Å². The lowest BCUT2D eigenvalue weighted by Crippen LogP contribution is -2.61. The number of hydrogen-bond donors (Lipinski definition) is 2. The Bertz CT molecular complexity index is 1010. The first-order valence-corrected chi connectivity index (χ1v) is 10.1. The zero-order valence-corrected chi connectivity index (χ0v) is 17.6. The minimum absolute atomic E-state index is 0.0311. The highest BCUT2D eigenvalue weighted by molar-refractivity contribution is 5.99. The van der Waals surface area contributed by atoms with Crippen LogP contribution in [0.15, 0.2) is 54.6 Å². The van der Waals surface area contributed by atoms with Gasteiger partial charge in [-0.05, 0) is 48.3 Å². The van der Waals surface area contributed by atoms with Crippen molar-refractivity contribution in [3.05, 3.63) is 71.3 Å². The molecule has 1 aliphatic heterocycles. The first-order chi connectivity index (χ1) is 15.3. The lowest BCUT2D eigenvalue weighted by atomic mass is 9.80. The summed E-state index contributed by atoms with van der Waals surface area (Å²) < 4.78 is 84.9. The number of carbonyl (C=O) groups excluding carboxylic acids is 1. The molecule has 0 fully saturated rings. The number of aryl methyl sites for hydroxylation is 1. The van der Waals surface area contributed by atoms with Crippen LogP contribution in [0.4, 0.5) is 26.3 Å². The molecular weight excluding hydrogens is 450 g/mol. The molecule has 1 unspecified atom stereocenters. The summed E-state index contributed by atoms with van der Waals surface area (Å²) in [4.78, 5) is 12.5. The van der Waals surface area contributed by atoms with Gasteiger partial charge in [0.2, 0.25) is 5.91 Å². The van der Waals surface area contributed by atoms with Gasteiger partial charge in [0.15, 0.2) is 5.54 Å². The summed E-state index contributed by atoms with van der Waals surface area (Å²) in [7, 11) is 0. The molecule has 0 radical (unpaired) electrons. The molecule has 2 atom stereocenters. The summed E-state index contributed by atoms with van der Waals surface area (Å²) in [5.74, 6) is -0.877. The summed E-state index contributed by atoms with van der Waals surface area (Å²) in [5.41, 5.74) is 4.09. The second-order valence-electron chi connectivity index (χ2n) is 7.83. The van der Waals surface area contributed by atoms with Crippen LogP contribution in [0, 0.1) is 6.92 Å². The van der Waals surface area contributed by atoms with Gasteiger partial charge in [0.1, 0.15) is 11.8 Å². The number of hydrogen-bond acceptors (Lipinski definition) is 3. The molecule has 0 aliphatic carbocycles. The average Bonchev–Trinajstić information content (AvgIpc) is 2.73. The van der Waals surface area contributed by atoms with Crippen LogP contribution in [0.2, 0.25) is 0 Å². The van der Waals surface area contributed by atoms with Crippen molar-refractivity contribution >= 4 is 11.5 Å². The van der Waals surface area contributed by atoms with Crippen LogP contribution in [0.5, 0.6) is 5.75 Å². The molecule has 4 nitrogen and oxygen atoms in total. The summed E-state index contributed by atoms with van der Waals surface area (Å²) in [6.45, 7) is 1.57. The molecule has 1 heterocycles. The van der Waals surface area contributed by atoms with Crippen LogP contribution in [0.3, 0.4) is 0 Å². The lowest BCUT2D eigenvalue weighted by Gasteiger charge is -2.40. The van der Waals surface area contributed by atoms with Gasteiger partial charge in [-0.1, -0.05) is 42.0 Å². The van der Waals surface area contributed by atoms with E-state index in [0.717, 1.165) is 23.8 Å². The number of rotatable bonds is 6. The Morgan fingerprint density at radius 2 is 1.61 bits per heavy atom. The predicted octanol–water partition coefficient (Wildman–Crippen LogP) is 5.01. The Labute approximate surface area is 186 Å². The van der Waals surface area contributed by atoms with Crippen molar-refractivity contribution < 1.29 is 35.9 Å². The van der Waals surface area contributed by atoms with E-state index in [2.05, 4.69) is 0 Å². The Hall–Kier alpha value is -3.01. The number of ether oxygens (including phenoxy) is 1. The van der Waals surface area contributed by atoms with Gasteiger partial charge in [-0.3, -0.25) is 4.79 Å². The molecule has 3 N–H and O–H groups in total. The smallest absolute Gasteiger partial charge is 0.419 e. The molecule has 3 rings (SSSR count). The molecule has 2 aromatic carbocycles. The van der Waals surface area contributed by atoms with Gasteiger partial charge in [-0.2, -0.15) is 26.3 Å². The van der Waals surface area contributed by atoms with Gasteiger partial charge in [-0.15, -0.1) is 0 Å². The van der Waals surface area contributed by atoms with Gasteiger partial charge in [0, 0.05) is 6.42 Å². The second-order valence-corrected chi connectivity index (χ2v) is 7.83. The van der Waals surface area contributed by atoms with E-state index in [1.165, 1.54) is 12.1 Å². The highest BCUT2D eigenvalue weighted by Crippen LogP contribution is 2.44. The van der Waals surface area contributed by atoms with Crippen LogP contribution in [-0.4, -0.2) is 30.9 Å². The van der Waals surface area contributed by atoms with E-state index in [1.54, 1.807) is 24.3 Å². The molecule has 0 saturated carbocycles. The number of halogens is 6. The lowest BCUT2D eigenvalue weighted by molar-refractivity contribution is -0.189. The van der Waals surface area contributed by atoms with E-state index in [9.17, 15) is 31.1 Å². The van der Waals surface area contributed by atoms with E-state index in [0.29, 0.717) is 5.56 Å². The van der Waals surface area contributed by atoms with E-state index >= 15 is 0 Å².